The van der Waals surface area contributed by atoms with Crippen LogP contribution in [0.5, 0.6) is 0 Å². The van der Waals surface area contributed by atoms with Crippen molar-refractivity contribution in [2.75, 3.05) is 19.6 Å². The zero-order chi connectivity index (χ0) is 16.3. The summed E-state index contributed by atoms with van der Waals surface area (Å²) in [6, 6.07) is 5.08. The molecule has 8 heteroatoms. The summed E-state index contributed by atoms with van der Waals surface area (Å²) >= 11 is 3.30. The summed E-state index contributed by atoms with van der Waals surface area (Å²) in [7, 11) is -3.54. The zero-order valence-corrected chi connectivity index (χ0v) is 14.8. The first-order chi connectivity index (χ1) is 10.3. The number of benzene rings is 1. The summed E-state index contributed by atoms with van der Waals surface area (Å²) in [5, 5.41) is 0. The predicted molar refractivity (Wildman–Crippen MR) is 87.9 cm³/mol. The van der Waals surface area contributed by atoms with Crippen molar-refractivity contribution >= 4 is 31.9 Å². The Morgan fingerprint density at radius 2 is 2.05 bits per heavy atom. The fourth-order valence-electron chi connectivity index (χ4n) is 2.58. The molecule has 2 rings (SSSR count). The molecular formula is C14H20BrN3O3S. The zero-order valence-electron chi connectivity index (χ0n) is 12.4. The second-order valence-corrected chi connectivity index (χ2v) is 8.15. The fourth-order valence-corrected chi connectivity index (χ4v) is 4.66. The van der Waals surface area contributed by atoms with Gasteiger partial charge in [0.15, 0.2) is 0 Å². The average molecular weight is 390 g/mol. The molecule has 1 amide bonds. The standard InChI is InChI=1S/C14H20BrN3O3S/c1-10-2-3-11(15)8-13(10)22(20,21)17-12-4-6-18(7-5-12)9-14(16)19/h2-3,8,12,17H,4-7,9H2,1H3,(H2,16,19). The van der Waals surface area contributed by atoms with Crippen molar-refractivity contribution < 1.29 is 13.2 Å². The summed E-state index contributed by atoms with van der Waals surface area (Å²) in [5.74, 6) is -0.358. The van der Waals surface area contributed by atoms with Gasteiger partial charge in [-0.1, -0.05) is 22.0 Å². The SMILES string of the molecule is Cc1ccc(Br)cc1S(=O)(=O)NC1CCN(CC(N)=O)CC1. The molecule has 1 aliphatic heterocycles. The molecule has 0 atom stereocenters. The van der Waals surface area contributed by atoms with Crippen molar-refractivity contribution in [3.05, 3.63) is 28.2 Å². The van der Waals surface area contributed by atoms with Crippen LogP contribution in [0.25, 0.3) is 0 Å². The number of primary amides is 1. The fraction of sp³-hybridized carbons (Fsp3) is 0.500. The Labute approximate surface area is 139 Å². The molecule has 0 aromatic heterocycles. The lowest BCUT2D eigenvalue weighted by molar-refractivity contribution is -0.119. The quantitative estimate of drug-likeness (QED) is 0.784. The van der Waals surface area contributed by atoms with Gasteiger partial charge < -0.3 is 5.73 Å². The van der Waals surface area contributed by atoms with Crippen LogP contribution in [0, 0.1) is 6.92 Å². The smallest absolute Gasteiger partial charge is 0.241 e. The highest BCUT2D eigenvalue weighted by atomic mass is 79.9. The van der Waals surface area contributed by atoms with E-state index < -0.39 is 10.0 Å². The Hall–Kier alpha value is -0.960. The molecule has 1 aromatic carbocycles. The lowest BCUT2D eigenvalue weighted by Gasteiger charge is -2.31. The van der Waals surface area contributed by atoms with Gasteiger partial charge in [0.25, 0.3) is 0 Å². The molecule has 1 heterocycles. The lowest BCUT2D eigenvalue weighted by atomic mass is 10.1. The highest BCUT2D eigenvalue weighted by Gasteiger charge is 2.26. The number of piperidine rings is 1. The second-order valence-electron chi connectivity index (χ2n) is 5.55. The van der Waals surface area contributed by atoms with E-state index in [1.807, 2.05) is 11.0 Å². The molecule has 22 heavy (non-hydrogen) atoms. The van der Waals surface area contributed by atoms with Crippen molar-refractivity contribution in [2.24, 2.45) is 5.73 Å². The molecule has 0 saturated carbocycles. The highest BCUT2D eigenvalue weighted by molar-refractivity contribution is 9.10. The Balaban J connectivity index is 2.02. The number of hydrogen-bond donors (Lipinski definition) is 2. The topological polar surface area (TPSA) is 92.5 Å². The number of hydrogen-bond acceptors (Lipinski definition) is 4. The number of halogens is 1. The number of rotatable bonds is 5. The maximum Gasteiger partial charge on any atom is 0.241 e. The molecule has 1 saturated heterocycles. The first-order valence-corrected chi connectivity index (χ1v) is 9.34. The first-order valence-electron chi connectivity index (χ1n) is 7.07. The number of nitrogens with one attached hydrogen (secondary N) is 1. The van der Waals surface area contributed by atoms with Gasteiger partial charge in [-0.25, -0.2) is 13.1 Å². The molecule has 1 aromatic rings. The van der Waals surface area contributed by atoms with Gasteiger partial charge in [0.1, 0.15) is 0 Å². The van der Waals surface area contributed by atoms with Crippen LogP contribution in [-0.2, 0) is 14.8 Å². The first kappa shape index (κ1) is 17.4. The minimum absolute atomic E-state index is 0.118. The second kappa shape index (κ2) is 7.08. The molecule has 0 spiro atoms. The number of likely N-dealkylation sites (tertiary alicyclic amines) is 1. The van der Waals surface area contributed by atoms with Gasteiger partial charge in [-0.15, -0.1) is 0 Å². The summed E-state index contributed by atoms with van der Waals surface area (Å²) in [5.41, 5.74) is 5.88. The van der Waals surface area contributed by atoms with Gasteiger partial charge >= 0.3 is 0 Å². The minimum Gasteiger partial charge on any atom is -0.369 e. The Morgan fingerprint density at radius 1 is 1.41 bits per heavy atom. The van der Waals surface area contributed by atoms with Crippen molar-refractivity contribution in [3.8, 4) is 0 Å². The Kier molecular flexibility index (Phi) is 5.60. The number of nitrogens with zero attached hydrogens (tertiary/aromatic N) is 1. The van der Waals surface area contributed by atoms with Crippen LogP contribution in [0.3, 0.4) is 0 Å². The predicted octanol–water partition coefficient (Wildman–Crippen LogP) is 0.986. The van der Waals surface area contributed by atoms with E-state index in [2.05, 4.69) is 20.7 Å². The van der Waals surface area contributed by atoms with E-state index in [1.165, 1.54) is 0 Å². The summed E-state index contributed by atoms with van der Waals surface area (Å²) in [6.07, 6.45) is 1.33. The highest BCUT2D eigenvalue weighted by Crippen LogP contribution is 2.22. The Bertz CT molecular complexity index is 655. The van der Waals surface area contributed by atoms with Crippen LogP contribution in [0.15, 0.2) is 27.6 Å². The van der Waals surface area contributed by atoms with Crippen LogP contribution >= 0.6 is 15.9 Å². The van der Waals surface area contributed by atoms with E-state index in [9.17, 15) is 13.2 Å². The molecule has 3 N–H and O–H groups in total. The third-order valence-corrected chi connectivity index (χ3v) is 5.88. The van der Waals surface area contributed by atoms with Crippen LogP contribution < -0.4 is 10.5 Å². The molecule has 0 unspecified atom stereocenters. The summed E-state index contributed by atoms with van der Waals surface area (Å²) in [4.78, 5) is 13.1. The van der Waals surface area contributed by atoms with Crippen molar-refractivity contribution in [1.29, 1.82) is 0 Å². The Morgan fingerprint density at radius 3 is 2.64 bits per heavy atom. The molecule has 122 valence electrons. The molecule has 6 nitrogen and oxygen atoms in total. The molecule has 0 radical (unpaired) electrons. The number of carbonyl (C=O) groups excluding carboxylic acids is 1. The maximum absolute atomic E-state index is 12.5. The molecule has 0 bridgehead atoms. The van der Waals surface area contributed by atoms with Gasteiger partial charge in [-0.05, 0) is 37.5 Å². The lowest BCUT2D eigenvalue weighted by Crippen LogP contribution is -2.46. The number of aryl methyl sites for hydroxylation is 1. The van der Waals surface area contributed by atoms with Crippen molar-refractivity contribution in [2.45, 2.75) is 30.7 Å². The van der Waals surface area contributed by atoms with Gasteiger partial charge in [-0.3, -0.25) is 9.69 Å². The third kappa shape index (κ3) is 4.52. The molecular weight excluding hydrogens is 370 g/mol. The minimum atomic E-state index is -3.54. The van der Waals surface area contributed by atoms with Crippen LogP contribution in [0.1, 0.15) is 18.4 Å². The van der Waals surface area contributed by atoms with Crippen LogP contribution in [-0.4, -0.2) is 44.9 Å². The largest absolute Gasteiger partial charge is 0.369 e. The third-order valence-electron chi connectivity index (χ3n) is 3.73. The van der Waals surface area contributed by atoms with E-state index in [-0.39, 0.29) is 18.5 Å². The normalized spacial score (nSPS) is 17.5. The van der Waals surface area contributed by atoms with E-state index in [0.717, 1.165) is 4.47 Å². The van der Waals surface area contributed by atoms with Gasteiger partial charge in [-0.2, -0.15) is 0 Å². The van der Waals surface area contributed by atoms with E-state index in [4.69, 9.17) is 5.73 Å². The maximum atomic E-state index is 12.5. The molecule has 1 fully saturated rings. The van der Waals surface area contributed by atoms with Gasteiger partial charge in [0.2, 0.25) is 15.9 Å². The van der Waals surface area contributed by atoms with Crippen molar-refractivity contribution in [1.82, 2.24) is 9.62 Å². The molecule has 1 aliphatic rings. The number of sulfonamides is 1. The van der Waals surface area contributed by atoms with E-state index >= 15 is 0 Å². The molecule has 0 aliphatic carbocycles. The summed E-state index contributed by atoms with van der Waals surface area (Å²) < 4.78 is 28.5. The number of nitrogens with two attached hydrogens (primary N) is 1. The van der Waals surface area contributed by atoms with E-state index in [0.29, 0.717) is 36.4 Å². The van der Waals surface area contributed by atoms with E-state index in [1.54, 1.807) is 19.1 Å². The number of amides is 1. The van der Waals surface area contributed by atoms with Gasteiger partial charge in [0.05, 0.1) is 11.4 Å². The van der Waals surface area contributed by atoms with Crippen molar-refractivity contribution in [3.63, 3.8) is 0 Å². The average Bonchev–Trinajstić information content (AvgIpc) is 2.43. The number of carbonyl (C=O) groups is 1. The van der Waals surface area contributed by atoms with Gasteiger partial charge in [0, 0.05) is 23.6 Å². The van der Waals surface area contributed by atoms with Crippen LogP contribution in [0.4, 0.5) is 0 Å². The summed E-state index contributed by atoms with van der Waals surface area (Å²) in [6.45, 7) is 3.32. The van der Waals surface area contributed by atoms with Crippen LogP contribution in [0.2, 0.25) is 0 Å². The monoisotopic (exact) mass is 389 g/mol.